The lowest BCUT2D eigenvalue weighted by molar-refractivity contribution is -0.120. The first-order valence-corrected chi connectivity index (χ1v) is 13.0. The van der Waals surface area contributed by atoms with Gasteiger partial charge in [0.1, 0.15) is 11.4 Å². The molecule has 1 saturated heterocycles. The third kappa shape index (κ3) is 4.05. The summed E-state index contributed by atoms with van der Waals surface area (Å²) in [7, 11) is 1.93. The van der Waals surface area contributed by atoms with Crippen LogP contribution in [0.1, 0.15) is 41.6 Å². The second-order valence-corrected chi connectivity index (χ2v) is 10.6. The van der Waals surface area contributed by atoms with Gasteiger partial charge in [0.05, 0.1) is 30.1 Å². The Morgan fingerprint density at radius 1 is 1.13 bits per heavy atom. The van der Waals surface area contributed by atoms with Gasteiger partial charge < -0.3 is 20.3 Å². The second kappa shape index (κ2) is 8.49. The zero-order chi connectivity index (χ0) is 26.0. The standard InChI is InChI=1S/C28H27FN6O3/c1-34-10-11-35(24(36)15-34)17-3-7-23(38-18-4-5-18)22(13-17)31-27-30-14-21(29)25(32-27)16-2-6-20-19(12-16)26(37)33-28(20)8-9-28/h2-3,6-7,12-14,18H,4-5,8-11,15H2,1H3,(H,33,37)(H,30,31,32). The Hall–Kier alpha value is -4.05. The molecule has 7 rings (SSSR count). The van der Waals surface area contributed by atoms with Crippen LogP contribution in [0.4, 0.5) is 21.7 Å². The molecule has 3 aromatic rings. The normalized spacial score (nSPS) is 19.9. The highest BCUT2D eigenvalue weighted by Crippen LogP contribution is 2.50. The van der Waals surface area contributed by atoms with E-state index >= 15 is 0 Å². The number of piperazine rings is 1. The van der Waals surface area contributed by atoms with Crippen LogP contribution in [-0.2, 0) is 10.3 Å². The second-order valence-electron chi connectivity index (χ2n) is 10.6. The molecule has 0 atom stereocenters. The summed E-state index contributed by atoms with van der Waals surface area (Å²) < 4.78 is 21.0. The molecule has 0 bridgehead atoms. The summed E-state index contributed by atoms with van der Waals surface area (Å²) in [6.07, 6.45) is 5.10. The Morgan fingerprint density at radius 2 is 1.97 bits per heavy atom. The highest BCUT2D eigenvalue weighted by molar-refractivity contribution is 6.01. The van der Waals surface area contributed by atoms with Gasteiger partial charge in [-0.2, -0.15) is 0 Å². The van der Waals surface area contributed by atoms with E-state index in [1.807, 2.05) is 36.2 Å². The number of anilines is 3. The largest absolute Gasteiger partial charge is 0.488 e. The number of fused-ring (bicyclic) bond motifs is 2. The molecular weight excluding hydrogens is 487 g/mol. The summed E-state index contributed by atoms with van der Waals surface area (Å²) in [5, 5.41) is 6.24. The zero-order valence-electron chi connectivity index (χ0n) is 21.0. The number of amides is 2. The molecule has 2 aromatic carbocycles. The number of hydrogen-bond donors (Lipinski definition) is 2. The van der Waals surface area contributed by atoms with E-state index in [-0.39, 0.29) is 35.1 Å². The summed E-state index contributed by atoms with van der Waals surface area (Å²) in [5.74, 6) is 0.115. The van der Waals surface area contributed by atoms with Crippen molar-refractivity contribution in [2.24, 2.45) is 0 Å². The van der Waals surface area contributed by atoms with Gasteiger partial charge in [0.25, 0.3) is 5.91 Å². The van der Waals surface area contributed by atoms with E-state index in [1.165, 1.54) is 0 Å². The molecule has 2 aliphatic carbocycles. The minimum Gasteiger partial charge on any atom is -0.488 e. The predicted molar refractivity (Wildman–Crippen MR) is 139 cm³/mol. The average Bonchev–Trinajstić information content (AvgIpc) is 3.83. The van der Waals surface area contributed by atoms with Gasteiger partial charge in [-0.15, -0.1) is 0 Å². The summed E-state index contributed by atoms with van der Waals surface area (Å²) in [6.45, 7) is 1.72. The molecule has 2 saturated carbocycles. The molecule has 2 amide bonds. The molecular formula is C28H27FN6O3. The number of aromatic nitrogens is 2. The van der Waals surface area contributed by atoms with Crippen LogP contribution in [0.25, 0.3) is 11.3 Å². The highest BCUT2D eigenvalue weighted by atomic mass is 19.1. The number of nitrogens with one attached hydrogen (secondary N) is 2. The Kier molecular flexibility index (Phi) is 5.16. The van der Waals surface area contributed by atoms with E-state index in [1.54, 1.807) is 17.0 Å². The molecule has 2 N–H and O–H groups in total. The van der Waals surface area contributed by atoms with Crippen molar-refractivity contribution in [3.8, 4) is 17.0 Å². The van der Waals surface area contributed by atoms with Gasteiger partial charge in [0, 0.05) is 29.9 Å². The third-order valence-corrected chi connectivity index (χ3v) is 7.65. The van der Waals surface area contributed by atoms with Gasteiger partial charge in [0.15, 0.2) is 5.82 Å². The van der Waals surface area contributed by atoms with Gasteiger partial charge in [-0.05, 0) is 62.6 Å². The number of ether oxygens (including phenoxy) is 1. The molecule has 1 spiro atoms. The lowest BCUT2D eigenvalue weighted by atomic mass is 9.99. The smallest absolute Gasteiger partial charge is 0.252 e. The van der Waals surface area contributed by atoms with Gasteiger partial charge in [-0.1, -0.05) is 12.1 Å². The number of benzene rings is 2. The van der Waals surface area contributed by atoms with E-state index in [4.69, 9.17) is 4.74 Å². The van der Waals surface area contributed by atoms with E-state index in [0.717, 1.165) is 49.7 Å². The van der Waals surface area contributed by atoms with Crippen molar-refractivity contribution in [2.45, 2.75) is 37.3 Å². The number of halogens is 1. The van der Waals surface area contributed by atoms with E-state index in [9.17, 15) is 14.0 Å². The molecule has 3 heterocycles. The maximum absolute atomic E-state index is 14.9. The predicted octanol–water partition coefficient (Wildman–Crippen LogP) is 3.58. The third-order valence-electron chi connectivity index (χ3n) is 7.65. The van der Waals surface area contributed by atoms with E-state index in [0.29, 0.717) is 35.7 Å². The monoisotopic (exact) mass is 514 g/mol. The van der Waals surface area contributed by atoms with Gasteiger partial charge in [-0.3, -0.25) is 14.5 Å². The molecule has 1 aromatic heterocycles. The average molecular weight is 515 g/mol. The lowest BCUT2D eigenvalue weighted by Crippen LogP contribution is -2.48. The van der Waals surface area contributed by atoms with Crippen molar-refractivity contribution in [2.75, 3.05) is 36.9 Å². The highest BCUT2D eigenvalue weighted by Gasteiger charge is 2.52. The fourth-order valence-electron chi connectivity index (χ4n) is 5.23. The van der Waals surface area contributed by atoms with Crippen molar-refractivity contribution in [3.05, 3.63) is 59.5 Å². The maximum Gasteiger partial charge on any atom is 0.252 e. The zero-order valence-corrected chi connectivity index (χ0v) is 21.0. The van der Waals surface area contributed by atoms with Gasteiger partial charge >= 0.3 is 0 Å². The Bertz CT molecular complexity index is 1490. The number of nitrogens with zero attached hydrogens (tertiary/aromatic N) is 4. The quantitative estimate of drug-likeness (QED) is 0.519. The van der Waals surface area contributed by atoms with Crippen LogP contribution < -0.4 is 20.3 Å². The minimum absolute atomic E-state index is 0.0227. The molecule has 0 radical (unpaired) electrons. The van der Waals surface area contributed by atoms with Crippen LogP contribution in [0, 0.1) is 5.82 Å². The van der Waals surface area contributed by atoms with Gasteiger partial charge in [-0.25, -0.2) is 14.4 Å². The van der Waals surface area contributed by atoms with E-state index < -0.39 is 5.82 Å². The SMILES string of the molecule is CN1CCN(c2ccc(OC3CC3)c(Nc3ncc(F)c(-c4ccc5c(c4)C(=O)NC54CC4)n3)c2)C(=O)C1. The Balaban J connectivity index is 1.21. The summed E-state index contributed by atoms with van der Waals surface area (Å²) in [4.78, 5) is 37.6. The van der Waals surface area contributed by atoms with Crippen LogP contribution in [0.5, 0.6) is 5.75 Å². The Labute approximate surface area is 219 Å². The van der Waals surface area contributed by atoms with Crippen molar-refractivity contribution < 1.29 is 18.7 Å². The molecule has 0 unspecified atom stereocenters. The minimum atomic E-state index is -0.582. The van der Waals surface area contributed by atoms with Crippen LogP contribution >= 0.6 is 0 Å². The summed E-state index contributed by atoms with van der Waals surface area (Å²) in [5.41, 5.74) is 3.25. The number of likely N-dealkylation sites (N-methyl/N-ethyl adjacent to an activating group) is 1. The summed E-state index contributed by atoms with van der Waals surface area (Å²) >= 11 is 0. The molecule has 10 heteroatoms. The molecule has 4 aliphatic rings. The topological polar surface area (TPSA) is 99.7 Å². The Morgan fingerprint density at radius 3 is 2.74 bits per heavy atom. The van der Waals surface area contributed by atoms with Crippen LogP contribution in [0.3, 0.4) is 0 Å². The van der Waals surface area contributed by atoms with Crippen LogP contribution in [0.15, 0.2) is 42.6 Å². The number of carbonyl (C=O) groups is 2. The maximum atomic E-state index is 14.9. The molecule has 38 heavy (non-hydrogen) atoms. The fraction of sp³-hybridized carbons (Fsp3) is 0.357. The molecule has 3 fully saturated rings. The summed E-state index contributed by atoms with van der Waals surface area (Å²) in [6, 6.07) is 11.0. The van der Waals surface area contributed by atoms with Crippen LogP contribution in [-0.4, -0.2) is 59.5 Å². The first kappa shape index (κ1) is 23.1. The number of hydrogen-bond acceptors (Lipinski definition) is 7. The van der Waals surface area contributed by atoms with Crippen molar-refractivity contribution in [1.82, 2.24) is 20.2 Å². The first-order valence-electron chi connectivity index (χ1n) is 13.0. The van der Waals surface area contributed by atoms with Crippen molar-refractivity contribution in [1.29, 1.82) is 0 Å². The first-order chi connectivity index (χ1) is 18.4. The van der Waals surface area contributed by atoms with Crippen LogP contribution in [0.2, 0.25) is 0 Å². The molecule has 194 valence electrons. The lowest BCUT2D eigenvalue weighted by Gasteiger charge is -2.32. The van der Waals surface area contributed by atoms with Crippen molar-refractivity contribution >= 4 is 29.1 Å². The number of carbonyl (C=O) groups excluding carboxylic acids is 2. The molecule has 2 aliphatic heterocycles. The van der Waals surface area contributed by atoms with E-state index in [2.05, 4.69) is 20.6 Å². The van der Waals surface area contributed by atoms with Gasteiger partial charge in [0.2, 0.25) is 11.9 Å². The fourth-order valence-corrected chi connectivity index (χ4v) is 5.23. The molecule has 9 nitrogen and oxygen atoms in total. The van der Waals surface area contributed by atoms with Crippen molar-refractivity contribution in [3.63, 3.8) is 0 Å². The number of rotatable bonds is 6.